The lowest BCUT2D eigenvalue weighted by Gasteiger charge is -2.14. The highest BCUT2D eigenvalue weighted by Gasteiger charge is 2.15. The van der Waals surface area contributed by atoms with Gasteiger partial charge in [0.25, 0.3) is 5.56 Å². The maximum atomic E-state index is 12.5. The van der Waals surface area contributed by atoms with Crippen LogP contribution in [0, 0.1) is 11.3 Å². The van der Waals surface area contributed by atoms with Gasteiger partial charge in [-0.05, 0) is 41.1 Å². The van der Waals surface area contributed by atoms with E-state index in [1.165, 1.54) is 0 Å². The van der Waals surface area contributed by atoms with Crippen molar-refractivity contribution in [3.8, 4) is 28.8 Å². The van der Waals surface area contributed by atoms with Gasteiger partial charge < -0.3 is 14.8 Å². The number of nitriles is 1. The van der Waals surface area contributed by atoms with Crippen LogP contribution in [0.5, 0.6) is 11.5 Å². The van der Waals surface area contributed by atoms with Crippen molar-refractivity contribution in [3.05, 3.63) is 82.1 Å². The molecule has 0 saturated heterocycles. The van der Waals surface area contributed by atoms with Gasteiger partial charge in [-0.25, -0.2) is 4.98 Å². The first-order valence-electron chi connectivity index (χ1n) is 9.62. The minimum atomic E-state index is -0.504. The highest BCUT2D eigenvalue weighted by atomic mass is 16.5. The van der Waals surface area contributed by atoms with Gasteiger partial charge in [0.2, 0.25) is 5.95 Å². The van der Waals surface area contributed by atoms with Crippen LogP contribution in [-0.2, 0) is 6.54 Å². The van der Waals surface area contributed by atoms with E-state index in [1.807, 2.05) is 42.5 Å². The maximum absolute atomic E-state index is 12.5. The van der Waals surface area contributed by atoms with Gasteiger partial charge in [-0.15, -0.1) is 0 Å². The van der Waals surface area contributed by atoms with Crippen LogP contribution in [0.15, 0.2) is 65.5 Å². The summed E-state index contributed by atoms with van der Waals surface area (Å²) >= 11 is 0. The number of methoxy groups -OCH3 is 2. The van der Waals surface area contributed by atoms with Crippen molar-refractivity contribution < 1.29 is 9.47 Å². The van der Waals surface area contributed by atoms with Crippen LogP contribution in [0.25, 0.3) is 22.0 Å². The lowest BCUT2D eigenvalue weighted by molar-refractivity contribution is 0.411. The average Bonchev–Trinajstić information content (AvgIpc) is 2.82. The van der Waals surface area contributed by atoms with E-state index >= 15 is 0 Å². The molecule has 1 heterocycles. The van der Waals surface area contributed by atoms with E-state index < -0.39 is 5.56 Å². The van der Waals surface area contributed by atoms with Crippen molar-refractivity contribution in [2.75, 3.05) is 19.5 Å². The number of fused-ring (bicyclic) bond motifs is 1. The fraction of sp³-hybridized carbons (Fsp3) is 0.125. The summed E-state index contributed by atoms with van der Waals surface area (Å²) in [5.41, 5.74) is 1.35. The summed E-state index contributed by atoms with van der Waals surface area (Å²) in [6.45, 7) is 0.376. The molecule has 4 aromatic rings. The topological polar surface area (TPSA) is 100 Å². The first kappa shape index (κ1) is 20.0. The fourth-order valence-corrected chi connectivity index (χ4v) is 3.48. The SMILES string of the molecule is COc1ccc(-c2nc(NCc3c(OC)ccc4ccccc34)[nH]c(=O)c2C#N)cc1. The second kappa shape index (κ2) is 8.59. The molecule has 0 amide bonds. The molecule has 7 nitrogen and oxygen atoms in total. The summed E-state index contributed by atoms with van der Waals surface area (Å²) in [4.78, 5) is 19.7. The highest BCUT2D eigenvalue weighted by Crippen LogP contribution is 2.29. The Morgan fingerprint density at radius 2 is 1.81 bits per heavy atom. The first-order chi connectivity index (χ1) is 15.1. The number of nitrogens with zero attached hydrogens (tertiary/aromatic N) is 2. The van der Waals surface area contributed by atoms with Gasteiger partial charge in [0.1, 0.15) is 23.1 Å². The summed E-state index contributed by atoms with van der Waals surface area (Å²) in [5.74, 6) is 1.68. The molecule has 0 aliphatic carbocycles. The number of aromatic nitrogens is 2. The molecule has 0 aliphatic rings. The third kappa shape index (κ3) is 3.91. The van der Waals surface area contributed by atoms with E-state index in [0.29, 0.717) is 23.6 Å². The third-order valence-corrected chi connectivity index (χ3v) is 5.04. The number of H-pyrrole nitrogens is 1. The summed E-state index contributed by atoms with van der Waals surface area (Å²) in [5, 5.41) is 14.8. The zero-order valence-electron chi connectivity index (χ0n) is 17.1. The zero-order valence-corrected chi connectivity index (χ0v) is 17.1. The van der Waals surface area contributed by atoms with Gasteiger partial charge in [0, 0.05) is 17.7 Å². The molecule has 4 rings (SSSR count). The van der Waals surface area contributed by atoms with Crippen LogP contribution in [-0.4, -0.2) is 24.2 Å². The Hall–Kier alpha value is -4.31. The Morgan fingerprint density at radius 1 is 1.03 bits per heavy atom. The van der Waals surface area contributed by atoms with Crippen molar-refractivity contribution in [2.45, 2.75) is 6.54 Å². The van der Waals surface area contributed by atoms with Gasteiger partial charge in [-0.3, -0.25) is 9.78 Å². The second-order valence-electron chi connectivity index (χ2n) is 6.80. The molecule has 1 aromatic heterocycles. The number of hydrogen-bond acceptors (Lipinski definition) is 6. The van der Waals surface area contributed by atoms with Crippen molar-refractivity contribution in [3.63, 3.8) is 0 Å². The van der Waals surface area contributed by atoms with E-state index in [2.05, 4.69) is 15.3 Å². The molecule has 0 aliphatic heterocycles. The monoisotopic (exact) mass is 412 g/mol. The Kier molecular flexibility index (Phi) is 5.54. The smallest absolute Gasteiger partial charge is 0.270 e. The van der Waals surface area contributed by atoms with Crippen molar-refractivity contribution in [2.24, 2.45) is 0 Å². The van der Waals surface area contributed by atoms with Crippen LogP contribution in [0.1, 0.15) is 11.1 Å². The second-order valence-corrected chi connectivity index (χ2v) is 6.80. The van der Waals surface area contributed by atoms with Crippen LogP contribution in [0.3, 0.4) is 0 Å². The third-order valence-electron chi connectivity index (χ3n) is 5.04. The molecule has 0 spiro atoms. The molecule has 2 N–H and O–H groups in total. The van der Waals surface area contributed by atoms with Gasteiger partial charge in [-0.2, -0.15) is 5.26 Å². The largest absolute Gasteiger partial charge is 0.497 e. The van der Waals surface area contributed by atoms with Gasteiger partial charge >= 0.3 is 0 Å². The molecule has 3 aromatic carbocycles. The minimum absolute atomic E-state index is 0.0431. The highest BCUT2D eigenvalue weighted by molar-refractivity contribution is 5.88. The van der Waals surface area contributed by atoms with Crippen molar-refractivity contribution >= 4 is 16.7 Å². The summed E-state index contributed by atoms with van der Waals surface area (Å²) in [6, 6.07) is 20.9. The van der Waals surface area contributed by atoms with E-state index in [1.54, 1.807) is 38.5 Å². The summed E-state index contributed by atoms with van der Waals surface area (Å²) in [7, 11) is 3.20. The zero-order chi connectivity index (χ0) is 21.8. The lowest BCUT2D eigenvalue weighted by atomic mass is 10.0. The number of benzene rings is 3. The van der Waals surface area contributed by atoms with Gasteiger partial charge in [-0.1, -0.05) is 30.3 Å². The summed E-state index contributed by atoms with van der Waals surface area (Å²) < 4.78 is 10.7. The standard InChI is InChI=1S/C24H20N4O3/c1-30-17-10-7-16(8-11-17)22-19(13-25)23(29)28-24(27-22)26-14-20-18-6-4-3-5-15(18)9-12-21(20)31-2/h3-12H,14H2,1-2H3,(H2,26,27,28,29). The molecule has 0 bridgehead atoms. The Balaban J connectivity index is 1.72. The molecular formula is C24H20N4O3. The number of rotatable bonds is 6. The quantitative estimate of drug-likeness (QED) is 0.495. The lowest BCUT2D eigenvalue weighted by Crippen LogP contribution is -2.17. The van der Waals surface area contributed by atoms with Crippen LogP contribution < -0.4 is 20.3 Å². The molecule has 0 atom stereocenters. The fourth-order valence-electron chi connectivity index (χ4n) is 3.48. The number of aromatic amines is 1. The van der Waals surface area contributed by atoms with Crippen LogP contribution in [0.4, 0.5) is 5.95 Å². The molecule has 31 heavy (non-hydrogen) atoms. The Bertz CT molecular complexity index is 1340. The maximum Gasteiger partial charge on any atom is 0.270 e. The predicted molar refractivity (Wildman–Crippen MR) is 119 cm³/mol. The molecule has 7 heteroatoms. The molecule has 0 unspecified atom stereocenters. The van der Waals surface area contributed by atoms with E-state index in [4.69, 9.17) is 9.47 Å². The minimum Gasteiger partial charge on any atom is -0.497 e. The summed E-state index contributed by atoms with van der Waals surface area (Å²) in [6.07, 6.45) is 0. The van der Waals surface area contributed by atoms with Gasteiger partial charge in [0.05, 0.1) is 19.9 Å². The number of nitrogens with one attached hydrogen (secondary N) is 2. The Morgan fingerprint density at radius 3 is 2.52 bits per heavy atom. The van der Waals surface area contributed by atoms with Crippen LogP contribution in [0.2, 0.25) is 0 Å². The average molecular weight is 412 g/mol. The number of ether oxygens (including phenoxy) is 2. The first-order valence-corrected chi connectivity index (χ1v) is 9.62. The number of anilines is 1. The van der Waals surface area contributed by atoms with Crippen molar-refractivity contribution in [1.82, 2.24) is 9.97 Å². The molecular weight excluding hydrogens is 392 g/mol. The normalized spacial score (nSPS) is 10.5. The predicted octanol–water partition coefficient (Wildman–Crippen LogP) is 4.09. The molecule has 154 valence electrons. The van der Waals surface area contributed by atoms with E-state index in [-0.39, 0.29) is 11.5 Å². The molecule has 0 radical (unpaired) electrons. The van der Waals surface area contributed by atoms with Gasteiger partial charge in [0.15, 0.2) is 0 Å². The Labute approximate surface area is 178 Å². The molecule has 0 fully saturated rings. The number of hydrogen-bond donors (Lipinski definition) is 2. The molecule has 0 saturated carbocycles. The van der Waals surface area contributed by atoms with Crippen molar-refractivity contribution in [1.29, 1.82) is 5.26 Å². The van der Waals surface area contributed by atoms with E-state index in [0.717, 1.165) is 22.1 Å². The van der Waals surface area contributed by atoms with Crippen LogP contribution >= 0.6 is 0 Å². The van der Waals surface area contributed by atoms with E-state index in [9.17, 15) is 10.1 Å².